The fourth-order valence-electron chi connectivity index (χ4n) is 2.27. The van der Waals surface area contributed by atoms with Crippen molar-refractivity contribution in [3.8, 4) is 0 Å². The third kappa shape index (κ3) is 4.44. The van der Waals surface area contributed by atoms with Crippen molar-refractivity contribution in [1.82, 2.24) is 0 Å². The van der Waals surface area contributed by atoms with Gasteiger partial charge in [0.1, 0.15) is 6.10 Å². The summed E-state index contributed by atoms with van der Waals surface area (Å²) in [6.45, 7) is 4.23. The number of benzene rings is 1. The maximum absolute atomic E-state index is 12.3. The second-order valence-corrected chi connectivity index (χ2v) is 6.84. The molecular weight excluding hydrogens is 270 g/mol. The summed E-state index contributed by atoms with van der Waals surface area (Å²) in [6.07, 6.45) is 5.73. The van der Waals surface area contributed by atoms with Gasteiger partial charge in [0.25, 0.3) is 0 Å². The molecule has 2 unspecified atom stereocenters. The molecule has 4 heteroatoms. The zero-order valence-corrected chi connectivity index (χ0v) is 13.1. The number of aryl methyl sites for hydroxylation is 1. The first-order valence-corrected chi connectivity index (χ1v) is 8.67. The third-order valence-corrected chi connectivity index (χ3v) is 4.90. The van der Waals surface area contributed by atoms with E-state index in [1.54, 1.807) is 0 Å². The number of hydrogen-bond donors (Lipinski definition) is 0. The molecule has 2 rings (SSSR count). The van der Waals surface area contributed by atoms with Crippen LogP contribution >= 0.6 is 0 Å². The molecule has 2 atom stereocenters. The van der Waals surface area contributed by atoms with Gasteiger partial charge in [-0.25, -0.2) is 0 Å². The van der Waals surface area contributed by atoms with Crippen molar-refractivity contribution in [3.63, 3.8) is 0 Å². The molecule has 0 radical (unpaired) electrons. The van der Waals surface area contributed by atoms with Gasteiger partial charge in [0, 0.05) is 11.3 Å². The predicted octanol–water partition coefficient (Wildman–Crippen LogP) is 3.83. The Labute approximate surface area is 123 Å². The Morgan fingerprint density at radius 2 is 2.05 bits per heavy atom. The van der Waals surface area contributed by atoms with Crippen LogP contribution in [0.5, 0.6) is 0 Å². The van der Waals surface area contributed by atoms with Crippen molar-refractivity contribution < 1.29 is 9.05 Å². The van der Waals surface area contributed by atoms with E-state index in [-0.39, 0.29) is 6.10 Å². The van der Waals surface area contributed by atoms with Crippen LogP contribution in [0, 0.1) is 6.92 Å². The summed E-state index contributed by atoms with van der Waals surface area (Å²) >= 11 is 0. The quantitative estimate of drug-likeness (QED) is 0.717. The van der Waals surface area contributed by atoms with E-state index in [4.69, 9.17) is 4.84 Å². The van der Waals surface area contributed by atoms with Crippen LogP contribution in [-0.4, -0.2) is 21.8 Å². The average molecular weight is 293 g/mol. The normalized spacial score (nSPS) is 19.5. The lowest BCUT2D eigenvalue weighted by molar-refractivity contribution is 0.0771. The van der Waals surface area contributed by atoms with Crippen LogP contribution in [0.4, 0.5) is 0 Å². The lowest BCUT2D eigenvalue weighted by Gasteiger charge is -2.06. The van der Waals surface area contributed by atoms with E-state index in [0.717, 1.165) is 23.4 Å². The Morgan fingerprint density at radius 3 is 2.75 bits per heavy atom. The van der Waals surface area contributed by atoms with Crippen LogP contribution in [0.1, 0.15) is 44.6 Å². The van der Waals surface area contributed by atoms with Crippen molar-refractivity contribution >= 4 is 16.5 Å². The Hall–Kier alpha value is -1.16. The summed E-state index contributed by atoms with van der Waals surface area (Å²) in [5.41, 5.74) is 2.12. The molecule has 0 aliphatic carbocycles. The molecule has 0 saturated carbocycles. The second kappa shape index (κ2) is 7.58. The zero-order valence-electron chi connectivity index (χ0n) is 12.3. The summed E-state index contributed by atoms with van der Waals surface area (Å²) in [4.78, 5) is 6.29. The standard InChI is InChI=1S/C16H23NO2S/c1-3-4-5-6-15-11-14(17-19-15)12-20(18)16-9-7-13(2)8-10-16/h7-10,15H,3-6,11-12H2,1-2H3. The molecule has 0 spiro atoms. The van der Waals surface area contributed by atoms with Crippen LogP contribution < -0.4 is 0 Å². The Kier molecular flexibility index (Phi) is 5.77. The van der Waals surface area contributed by atoms with Crippen molar-refractivity contribution in [1.29, 1.82) is 0 Å². The summed E-state index contributed by atoms with van der Waals surface area (Å²) in [5.74, 6) is 0.493. The van der Waals surface area contributed by atoms with Gasteiger partial charge in [-0.1, -0.05) is 42.6 Å². The molecule has 0 aromatic heterocycles. The fourth-order valence-corrected chi connectivity index (χ4v) is 3.35. The van der Waals surface area contributed by atoms with Gasteiger partial charge < -0.3 is 4.84 Å². The molecular formula is C16H23NO2S. The van der Waals surface area contributed by atoms with Gasteiger partial charge in [0.05, 0.1) is 22.3 Å². The molecule has 110 valence electrons. The van der Waals surface area contributed by atoms with E-state index in [2.05, 4.69) is 12.1 Å². The summed E-state index contributed by atoms with van der Waals surface area (Å²) < 4.78 is 12.3. The van der Waals surface area contributed by atoms with Crippen LogP contribution in [0.25, 0.3) is 0 Å². The number of hydrogen-bond acceptors (Lipinski definition) is 3. The van der Waals surface area contributed by atoms with Crippen LogP contribution in [-0.2, 0) is 15.6 Å². The van der Waals surface area contributed by atoms with Crippen molar-refractivity contribution in [2.24, 2.45) is 5.16 Å². The van der Waals surface area contributed by atoms with E-state index >= 15 is 0 Å². The number of nitrogens with zero attached hydrogens (tertiary/aromatic N) is 1. The van der Waals surface area contributed by atoms with Gasteiger partial charge in [0.2, 0.25) is 0 Å². The fraction of sp³-hybridized carbons (Fsp3) is 0.562. The van der Waals surface area contributed by atoms with E-state index in [0.29, 0.717) is 5.75 Å². The Balaban J connectivity index is 1.80. The van der Waals surface area contributed by atoms with Gasteiger partial charge in [-0.3, -0.25) is 4.21 Å². The van der Waals surface area contributed by atoms with Crippen LogP contribution in [0.3, 0.4) is 0 Å². The molecule has 0 N–H and O–H groups in total. The molecule has 3 nitrogen and oxygen atoms in total. The monoisotopic (exact) mass is 293 g/mol. The van der Waals surface area contributed by atoms with E-state index < -0.39 is 10.8 Å². The highest BCUT2D eigenvalue weighted by molar-refractivity contribution is 7.85. The van der Waals surface area contributed by atoms with Gasteiger partial charge in [-0.05, 0) is 31.9 Å². The van der Waals surface area contributed by atoms with Crippen LogP contribution in [0.15, 0.2) is 34.3 Å². The number of unbranched alkanes of at least 4 members (excludes halogenated alkanes) is 2. The van der Waals surface area contributed by atoms with E-state index in [9.17, 15) is 4.21 Å². The molecule has 0 bridgehead atoms. The molecule has 1 aliphatic heterocycles. The first-order valence-electron chi connectivity index (χ1n) is 7.35. The number of rotatable bonds is 7. The SMILES string of the molecule is CCCCCC1CC(CS(=O)c2ccc(C)cc2)=NO1. The first kappa shape index (κ1) is 15.2. The summed E-state index contributed by atoms with van der Waals surface area (Å²) in [5, 5.41) is 4.10. The van der Waals surface area contributed by atoms with E-state index in [1.807, 2.05) is 31.2 Å². The molecule has 0 amide bonds. The largest absolute Gasteiger partial charge is 0.392 e. The molecule has 1 aliphatic rings. The average Bonchev–Trinajstić information content (AvgIpc) is 2.87. The molecule has 20 heavy (non-hydrogen) atoms. The Morgan fingerprint density at radius 1 is 1.30 bits per heavy atom. The van der Waals surface area contributed by atoms with Gasteiger partial charge >= 0.3 is 0 Å². The Bertz CT molecular complexity index is 482. The van der Waals surface area contributed by atoms with E-state index in [1.165, 1.54) is 24.8 Å². The molecule has 1 aromatic carbocycles. The van der Waals surface area contributed by atoms with Crippen molar-refractivity contribution in [2.45, 2.75) is 57.0 Å². The summed E-state index contributed by atoms with van der Waals surface area (Å²) in [6, 6.07) is 7.85. The smallest absolute Gasteiger partial charge is 0.132 e. The van der Waals surface area contributed by atoms with Gasteiger partial charge in [-0.15, -0.1) is 0 Å². The minimum Gasteiger partial charge on any atom is -0.392 e. The van der Waals surface area contributed by atoms with Crippen LogP contribution in [0.2, 0.25) is 0 Å². The maximum Gasteiger partial charge on any atom is 0.132 e. The minimum atomic E-state index is -1.01. The molecule has 1 heterocycles. The third-order valence-electron chi connectivity index (χ3n) is 3.51. The molecule has 0 saturated heterocycles. The van der Waals surface area contributed by atoms with Gasteiger partial charge in [-0.2, -0.15) is 0 Å². The topological polar surface area (TPSA) is 38.7 Å². The van der Waals surface area contributed by atoms with Crippen molar-refractivity contribution in [3.05, 3.63) is 29.8 Å². The maximum atomic E-state index is 12.3. The minimum absolute atomic E-state index is 0.201. The molecule has 0 fully saturated rings. The zero-order chi connectivity index (χ0) is 14.4. The highest BCUT2D eigenvalue weighted by Crippen LogP contribution is 2.19. The predicted molar refractivity (Wildman–Crippen MR) is 83.5 cm³/mol. The van der Waals surface area contributed by atoms with Crippen molar-refractivity contribution in [2.75, 3.05) is 5.75 Å². The molecule has 1 aromatic rings. The highest BCUT2D eigenvalue weighted by atomic mass is 32.2. The summed E-state index contributed by atoms with van der Waals surface area (Å²) in [7, 11) is -1.01. The second-order valence-electron chi connectivity index (χ2n) is 5.39. The highest BCUT2D eigenvalue weighted by Gasteiger charge is 2.22. The van der Waals surface area contributed by atoms with Gasteiger partial charge in [0.15, 0.2) is 0 Å². The lowest BCUT2D eigenvalue weighted by atomic mass is 10.1. The lowest BCUT2D eigenvalue weighted by Crippen LogP contribution is -2.13. The first-order chi connectivity index (χ1) is 9.69. The number of oxime groups is 1.